The molecule has 0 radical (unpaired) electrons. The summed E-state index contributed by atoms with van der Waals surface area (Å²) in [6, 6.07) is 0. The fourth-order valence-corrected chi connectivity index (χ4v) is 3.47. The van der Waals surface area contributed by atoms with Gasteiger partial charge in [-0.05, 0) is 6.42 Å². The average Bonchev–Trinajstić information content (AvgIpc) is 2.49. The molecule has 84 valence electrons. The van der Waals surface area contributed by atoms with Crippen LogP contribution in [0.4, 0.5) is 10.1 Å². The molecule has 3 nitrogen and oxygen atoms in total. The molecule has 5 heteroatoms. The molecule has 1 aliphatic heterocycles. The van der Waals surface area contributed by atoms with Crippen molar-refractivity contribution in [3.63, 3.8) is 0 Å². The second-order valence-corrected chi connectivity index (χ2v) is 7.23. The Labute approximate surface area is 99.1 Å². The number of nitrogen functional groups attached to an aromatic ring is 1. The van der Waals surface area contributed by atoms with Crippen molar-refractivity contribution in [2.24, 2.45) is 0 Å². The predicted molar refractivity (Wildman–Crippen MR) is 69.9 cm³/mol. The van der Waals surface area contributed by atoms with E-state index >= 15 is 0 Å². The summed E-state index contributed by atoms with van der Waals surface area (Å²) in [6.07, 6.45) is 2.96. The van der Waals surface area contributed by atoms with Gasteiger partial charge < -0.3 is 10.6 Å². The number of hydrogen-bond acceptors (Lipinski definition) is 5. The van der Waals surface area contributed by atoms with Crippen LogP contribution >= 0.6 is 23.1 Å². The van der Waals surface area contributed by atoms with E-state index in [0.29, 0.717) is 4.75 Å². The van der Waals surface area contributed by atoms with Gasteiger partial charge in [0, 0.05) is 23.6 Å². The minimum Gasteiger partial charge on any atom is -0.389 e. The van der Waals surface area contributed by atoms with Crippen molar-refractivity contribution in [1.82, 2.24) is 4.98 Å². The maximum atomic E-state index is 5.70. The van der Waals surface area contributed by atoms with Gasteiger partial charge in [0.25, 0.3) is 0 Å². The Hall–Kier alpha value is -0.420. The van der Waals surface area contributed by atoms with Crippen molar-refractivity contribution in [2.45, 2.75) is 25.0 Å². The third kappa shape index (κ3) is 2.78. The van der Waals surface area contributed by atoms with Crippen LogP contribution in [0.15, 0.2) is 6.20 Å². The second-order valence-electron chi connectivity index (χ2n) is 4.39. The molecule has 2 heterocycles. The molecule has 2 N–H and O–H groups in total. The van der Waals surface area contributed by atoms with Crippen LogP contribution in [0.3, 0.4) is 0 Å². The van der Waals surface area contributed by atoms with Gasteiger partial charge >= 0.3 is 0 Å². The molecule has 2 rings (SSSR count). The summed E-state index contributed by atoms with van der Waals surface area (Å²) in [7, 11) is 0. The fourth-order valence-electron chi connectivity index (χ4n) is 1.63. The van der Waals surface area contributed by atoms with Gasteiger partial charge in [-0.25, -0.2) is 4.98 Å². The van der Waals surface area contributed by atoms with Crippen LogP contribution in [0.1, 0.15) is 20.3 Å². The van der Waals surface area contributed by atoms with Crippen LogP contribution in [0.5, 0.6) is 0 Å². The lowest BCUT2D eigenvalue weighted by atomic mass is 10.1. The topological polar surface area (TPSA) is 42.2 Å². The third-order valence-electron chi connectivity index (χ3n) is 2.62. The highest BCUT2D eigenvalue weighted by Gasteiger charge is 2.24. The molecule has 1 aromatic rings. The van der Waals surface area contributed by atoms with Crippen molar-refractivity contribution in [3.05, 3.63) is 6.20 Å². The molecule has 0 amide bonds. The number of nitrogens with two attached hydrogens (primary N) is 1. The first-order valence-corrected chi connectivity index (χ1v) is 6.97. The Kier molecular flexibility index (Phi) is 3.11. The Morgan fingerprint density at radius 1 is 1.47 bits per heavy atom. The standard InChI is InChI=1S/C10H17N3S2/c1-10(2)3-4-13(5-6-14-10)9-12-7-8(11)15-9/h7H,3-6,11H2,1-2H3. The van der Waals surface area contributed by atoms with Crippen molar-refractivity contribution >= 4 is 33.2 Å². The number of thioether (sulfide) groups is 1. The number of hydrogen-bond donors (Lipinski definition) is 1. The molecule has 0 atom stereocenters. The van der Waals surface area contributed by atoms with Crippen molar-refractivity contribution in [3.8, 4) is 0 Å². The van der Waals surface area contributed by atoms with E-state index in [1.807, 2.05) is 0 Å². The van der Waals surface area contributed by atoms with Crippen molar-refractivity contribution < 1.29 is 0 Å². The third-order valence-corrected chi connectivity index (χ3v) is 4.88. The highest BCUT2D eigenvalue weighted by atomic mass is 32.2. The molecule has 0 aliphatic carbocycles. The predicted octanol–water partition coefficient (Wildman–Crippen LogP) is 2.45. The highest BCUT2D eigenvalue weighted by Crippen LogP contribution is 2.33. The van der Waals surface area contributed by atoms with E-state index < -0.39 is 0 Å². The van der Waals surface area contributed by atoms with Gasteiger partial charge in [-0.3, -0.25) is 0 Å². The molecule has 0 saturated carbocycles. The first-order valence-electron chi connectivity index (χ1n) is 5.17. The Morgan fingerprint density at radius 2 is 2.27 bits per heavy atom. The molecule has 1 aromatic heterocycles. The molecule has 1 aliphatic rings. The molecular formula is C10H17N3S2. The zero-order valence-electron chi connectivity index (χ0n) is 9.19. The molecule has 0 aromatic carbocycles. The van der Waals surface area contributed by atoms with E-state index in [0.717, 1.165) is 23.2 Å². The summed E-state index contributed by atoms with van der Waals surface area (Å²) in [5.41, 5.74) is 5.70. The van der Waals surface area contributed by atoms with Gasteiger partial charge in [0.05, 0.1) is 6.20 Å². The minimum atomic E-state index is 0.400. The van der Waals surface area contributed by atoms with Gasteiger partial charge in [0.2, 0.25) is 0 Å². The van der Waals surface area contributed by atoms with Crippen LogP contribution in [0.2, 0.25) is 0 Å². The Morgan fingerprint density at radius 3 is 2.93 bits per heavy atom. The van der Waals surface area contributed by atoms with E-state index in [9.17, 15) is 0 Å². The van der Waals surface area contributed by atoms with E-state index in [-0.39, 0.29) is 0 Å². The lowest BCUT2D eigenvalue weighted by molar-refractivity contribution is 0.637. The normalized spacial score (nSPS) is 21.3. The summed E-state index contributed by atoms with van der Waals surface area (Å²) in [6.45, 7) is 6.81. The van der Waals surface area contributed by atoms with Crippen LogP contribution in [-0.4, -0.2) is 28.6 Å². The number of nitrogens with zero attached hydrogens (tertiary/aromatic N) is 2. The summed E-state index contributed by atoms with van der Waals surface area (Å²) in [5.74, 6) is 1.17. The second kappa shape index (κ2) is 4.22. The van der Waals surface area contributed by atoms with E-state index in [2.05, 4.69) is 35.5 Å². The minimum absolute atomic E-state index is 0.400. The van der Waals surface area contributed by atoms with E-state index in [4.69, 9.17) is 5.73 Å². The quantitative estimate of drug-likeness (QED) is 0.822. The Balaban J connectivity index is 2.05. The molecule has 1 fully saturated rings. The molecule has 15 heavy (non-hydrogen) atoms. The lowest BCUT2D eigenvalue weighted by Crippen LogP contribution is -2.26. The number of anilines is 2. The fraction of sp³-hybridized carbons (Fsp3) is 0.700. The largest absolute Gasteiger partial charge is 0.389 e. The summed E-state index contributed by atoms with van der Waals surface area (Å²) in [5, 5.41) is 1.88. The van der Waals surface area contributed by atoms with Gasteiger partial charge in [-0.1, -0.05) is 25.2 Å². The zero-order valence-corrected chi connectivity index (χ0v) is 10.8. The first kappa shape index (κ1) is 11.1. The van der Waals surface area contributed by atoms with Gasteiger partial charge in [-0.2, -0.15) is 11.8 Å². The first-order chi connectivity index (χ1) is 7.07. The highest BCUT2D eigenvalue weighted by molar-refractivity contribution is 8.00. The summed E-state index contributed by atoms with van der Waals surface area (Å²) in [4.78, 5) is 6.69. The van der Waals surface area contributed by atoms with Gasteiger partial charge in [-0.15, -0.1) is 0 Å². The van der Waals surface area contributed by atoms with E-state index in [1.54, 1.807) is 17.5 Å². The molecule has 0 spiro atoms. The number of aromatic nitrogens is 1. The molecule has 0 bridgehead atoms. The van der Waals surface area contributed by atoms with Crippen LogP contribution in [-0.2, 0) is 0 Å². The smallest absolute Gasteiger partial charge is 0.187 e. The summed E-state index contributed by atoms with van der Waals surface area (Å²) < 4.78 is 0.400. The lowest BCUT2D eigenvalue weighted by Gasteiger charge is -2.22. The van der Waals surface area contributed by atoms with Crippen LogP contribution < -0.4 is 10.6 Å². The zero-order chi connectivity index (χ0) is 10.9. The molecular weight excluding hydrogens is 226 g/mol. The van der Waals surface area contributed by atoms with Gasteiger partial charge in [0.1, 0.15) is 5.00 Å². The number of thiazole rings is 1. The van der Waals surface area contributed by atoms with Crippen molar-refractivity contribution in [1.29, 1.82) is 0 Å². The van der Waals surface area contributed by atoms with Crippen LogP contribution in [0, 0.1) is 0 Å². The van der Waals surface area contributed by atoms with Gasteiger partial charge in [0.15, 0.2) is 5.13 Å². The average molecular weight is 243 g/mol. The SMILES string of the molecule is CC1(C)CCN(c2ncc(N)s2)CCS1. The number of rotatable bonds is 1. The van der Waals surface area contributed by atoms with Crippen molar-refractivity contribution in [2.75, 3.05) is 29.5 Å². The van der Waals surface area contributed by atoms with Crippen LogP contribution in [0.25, 0.3) is 0 Å². The molecule has 0 unspecified atom stereocenters. The monoisotopic (exact) mass is 243 g/mol. The van der Waals surface area contributed by atoms with E-state index in [1.165, 1.54) is 12.2 Å². The molecule has 1 saturated heterocycles. The summed E-state index contributed by atoms with van der Waals surface area (Å²) >= 11 is 3.64. The maximum absolute atomic E-state index is 5.70. The Bertz CT molecular complexity index is 335. The maximum Gasteiger partial charge on any atom is 0.187 e.